The number of benzene rings is 1. The number of hydrogen-bond donors (Lipinski definition) is 2. The van der Waals surface area contributed by atoms with Crippen LogP contribution >= 0.6 is 28.3 Å². The number of nitrogens with one attached hydrogen (secondary N) is 2. The Morgan fingerprint density at radius 1 is 1.48 bits per heavy atom. The zero-order valence-corrected chi connectivity index (χ0v) is 15.0. The van der Waals surface area contributed by atoms with E-state index >= 15 is 0 Å². The first-order valence-electron chi connectivity index (χ1n) is 7.23. The normalized spacial score (nSPS) is 18.1. The Kier molecular flexibility index (Phi) is 7.17. The van der Waals surface area contributed by atoms with Crippen LogP contribution in [0.1, 0.15) is 38.7 Å². The number of carbonyl (C=O) groups is 1. The van der Waals surface area contributed by atoms with Crippen LogP contribution in [-0.2, 0) is 10.2 Å². The molecule has 2 N–H and O–H groups in total. The molecule has 0 saturated carbocycles. The highest BCUT2D eigenvalue weighted by Crippen LogP contribution is 2.25. The molecule has 21 heavy (non-hydrogen) atoms. The molecule has 1 amide bonds. The molecular weight excluding hydrogens is 352 g/mol. The van der Waals surface area contributed by atoms with Crippen molar-refractivity contribution < 1.29 is 4.79 Å². The molecule has 1 fully saturated rings. The standard InChI is InChI=1S/C16H23BrN2O.ClH/c1-16(2,12-5-3-6-13(17)9-12)11-19-15(20)10-14-7-4-8-18-14;/h3,5-6,9,14,18H,4,7-8,10-11H2,1-2H3,(H,19,20);1H. The lowest BCUT2D eigenvalue weighted by molar-refractivity contribution is -0.121. The summed E-state index contributed by atoms with van der Waals surface area (Å²) in [6.45, 7) is 6.02. The Balaban J connectivity index is 0.00000220. The highest BCUT2D eigenvalue weighted by molar-refractivity contribution is 9.10. The molecule has 3 nitrogen and oxygen atoms in total. The third kappa shape index (κ3) is 5.61. The van der Waals surface area contributed by atoms with E-state index in [9.17, 15) is 4.79 Å². The molecule has 1 heterocycles. The van der Waals surface area contributed by atoms with Crippen molar-refractivity contribution in [2.45, 2.75) is 44.6 Å². The van der Waals surface area contributed by atoms with Gasteiger partial charge in [-0.2, -0.15) is 0 Å². The molecular formula is C16H24BrClN2O. The largest absolute Gasteiger partial charge is 0.355 e. The Bertz CT molecular complexity index is 473. The summed E-state index contributed by atoms with van der Waals surface area (Å²) >= 11 is 3.50. The second-order valence-electron chi connectivity index (χ2n) is 6.17. The number of carbonyl (C=O) groups excluding carboxylic acids is 1. The lowest BCUT2D eigenvalue weighted by Gasteiger charge is -2.26. The molecule has 1 aromatic carbocycles. The van der Waals surface area contributed by atoms with Crippen molar-refractivity contribution in [2.75, 3.05) is 13.1 Å². The van der Waals surface area contributed by atoms with Gasteiger partial charge in [0.15, 0.2) is 0 Å². The van der Waals surface area contributed by atoms with Gasteiger partial charge in [0.25, 0.3) is 0 Å². The summed E-state index contributed by atoms with van der Waals surface area (Å²) in [5.74, 6) is 0.146. The summed E-state index contributed by atoms with van der Waals surface area (Å²) < 4.78 is 1.07. The van der Waals surface area contributed by atoms with E-state index in [0.29, 0.717) is 19.0 Å². The van der Waals surface area contributed by atoms with Crippen LogP contribution in [0, 0.1) is 0 Å². The van der Waals surface area contributed by atoms with Crippen molar-refractivity contribution >= 4 is 34.2 Å². The maximum atomic E-state index is 12.0. The van der Waals surface area contributed by atoms with E-state index in [2.05, 4.69) is 52.5 Å². The minimum Gasteiger partial charge on any atom is -0.355 e. The number of hydrogen-bond acceptors (Lipinski definition) is 2. The molecule has 0 aliphatic carbocycles. The summed E-state index contributed by atoms with van der Waals surface area (Å²) in [5, 5.41) is 6.43. The summed E-state index contributed by atoms with van der Waals surface area (Å²) in [7, 11) is 0. The second kappa shape index (κ2) is 8.16. The first-order valence-corrected chi connectivity index (χ1v) is 8.03. The van der Waals surface area contributed by atoms with Gasteiger partial charge in [-0.05, 0) is 37.1 Å². The Morgan fingerprint density at radius 3 is 2.86 bits per heavy atom. The van der Waals surface area contributed by atoms with Crippen molar-refractivity contribution in [1.29, 1.82) is 0 Å². The molecule has 2 rings (SSSR count). The molecule has 0 radical (unpaired) electrons. The van der Waals surface area contributed by atoms with Gasteiger partial charge in [0.1, 0.15) is 0 Å². The molecule has 1 atom stereocenters. The number of halogens is 2. The van der Waals surface area contributed by atoms with E-state index in [4.69, 9.17) is 0 Å². The summed E-state index contributed by atoms with van der Waals surface area (Å²) in [4.78, 5) is 12.0. The molecule has 1 aliphatic heterocycles. The van der Waals surface area contributed by atoms with E-state index in [1.54, 1.807) is 0 Å². The maximum Gasteiger partial charge on any atom is 0.221 e. The zero-order valence-electron chi connectivity index (χ0n) is 12.6. The predicted octanol–water partition coefficient (Wildman–Crippen LogP) is 3.41. The van der Waals surface area contributed by atoms with Gasteiger partial charge in [-0.25, -0.2) is 0 Å². The Morgan fingerprint density at radius 2 is 2.24 bits per heavy atom. The van der Waals surface area contributed by atoms with Crippen LogP contribution in [0.4, 0.5) is 0 Å². The van der Waals surface area contributed by atoms with Crippen molar-refractivity contribution in [3.05, 3.63) is 34.3 Å². The molecule has 0 aromatic heterocycles. The van der Waals surface area contributed by atoms with Gasteiger partial charge in [0, 0.05) is 28.9 Å². The van der Waals surface area contributed by atoms with Gasteiger partial charge in [-0.15, -0.1) is 12.4 Å². The molecule has 0 bridgehead atoms. The summed E-state index contributed by atoms with van der Waals surface area (Å²) in [6, 6.07) is 8.64. The van der Waals surface area contributed by atoms with Crippen LogP contribution < -0.4 is 10.6 Å². The average molecular weight is 376 g/mol. The van der Waals surface area contributed by atoms with Crippen LogP contribution in [0.3, 0.4) is 0 Å². The summed E-state index contributed by atoms with van der Waals surface area (Å²) in [5.41, 5.74) is 1.16. The molecule has 1 aromatic rings. The third-order valence-corrected chi connectivity index (χ3v) is 4.42. The van der Waals surface area contributed by atoms with Gasteiger partial charge in [0.05, 0.1) is 0 Å². The fourth-order valence-corrected chi connectivity index (χ4v) is 2.96. The molecule has 118 valence electrons. The monoisotopic (exact) mass is 374 g/mol. The van der Waals surface area contributed by atoms with Gasteiger partial charge in [-0.1, -0.05) is 41.9 Å². The van der Waals surface area contributed by atoms with Crippen molar-refractivity contribution in [3.8, 4) is 0 Å². The first-order chi connectivity index (χ1) is 9.47. The van der Waals surface area contributed by atoms with E-state index < -0.39 is 0 Å². The van der Waals surface area contributed by atoms with Crippen LogP contribution in [0.15, 0.2) is 28.7 Å². The Hall–Kier alpha value is -0.580. The van der Waals surface area contributed by atoms with Gasteiger partial charge in [0.2, 0.25) is 5.91 Å². The molecule has 5 heteroatoms. The fraction of sp³-hybridized carbons (Fsp3) is 0.562. The average Bonchev–Trinajstić information content (AvgIpc) is 2.89. The third-order valence-electron chi connectivity index (χ3n) is 3.93. The minimum atomic E-state index is -0.0669. The van der Waals surface area contributed by atoms with Crippen LogP contribution in [0.25, 0.3) is 0 Å². The van der Waals surface area contributed by atoms with Crippen LogP contribution in [0.5, 0.6) is 0 Å². The lowest BCUT2D eigenvalue weighted by Crippen LogP contribution is -2.39. The smallest absolute Gasteiger partial charge is 0.221 e. The maximum absolute atomic E-state index is 12.0. The van der Waals surface area contributed by atoms with Gasteiger partial charge in [-0.3, -0.25) is 4.79 Å². The first kappa shape index (κ1) is 18.5. The topological polar surface area (TPSA) is 41.1 Å². The van der Waals surface area contributed by atoms with E-state index in [1.807, 2.05) is 12.1 Å². The van der Waals surface area contributed by atoms with E-state index in [0.717, 1.165) is 17.4 Å². The van der Waals surface area contributed by atoms with Crippen molar-refractivity contribution in [3.63, 3.8) is 0 Å². The molecule has 1 unspecified atom stereocenters. The summed E-state index contributed by atoms with van der Waals surface area (Å²) in [6.07, 6.45) is 2.89. The van der Waals surface area contributed by atoms with Crippen molar-refractivity contribution in [1.82, 2.24) is 10.6 Å². The van der Waals surface area contributed by atoms with Crippen LogP contribution in [-0.4, -0.2) is 25.0 Å². The lowest BCUT2D eigenvalue weighted by atomic mass is 9.84. The SMILES string of the molecule is CC(C)(CNC(=O)CC1CCCN1)c1cccc(Br)c1.Cl. The molecule has 0 spiro atoms. The molecule has 1 aliphatic rings. The Labute approximate surface area is 141 Å². The highest BCUT2D eigenvalue weighted by Gasteiger charge is 2.23. The van der Waals surface area contributed by atoms with E-state index in [-0.39, 0.29) is 23.7 Å². The van der Waals surface area contributed by atoms with Gasteiger partial charge < -0.3 is 10.6 Å². The number of amides is 1. The van der Waals surface area contributed by atoms with Crippen LogP contribution in [0.2, 0.25) is 0 Å². The number of rotatable bonds is 5. The van der Waals surface area contributed by atoms with Gasteiger partial charge >= 0.3 is 0 Å². The van der Waals surface area contributed by atoms with Crippen molar-refractivity contribution in [2.24, 2.45) is 0 Å². The molecule has 1 saturated heterocycles. The zero-order chi connectivity index (χ0) is 14.6. The van der Waals surface area contributed by atoms with E-state index in [1.165, 1.54) is 12.0 Å². The predicted molar refractivity (Wildman–Crippen MR) is 93.1 cm³/mol. The second-order valence-corrected chi connectivity index (χ2v) is 7.08. The quantitative estimate of drug-likeness (QED) is 0.828. The fourth-order valence-electron chi connectivity index (χ4n) is 2.56. The highest BCUT2D eigenvalue weighted by atomic mass is 79.9. The minimum absolute atomic E-state index is 0.